The van der Waals surface area contributed by atoms with E-state index in [1.807, 2.05) is 41.0 Å². The molecule has 5 heteroatoms. The molecule has 0 radical (unpaired) electrons. The van der Waals surface area contributed by atoms with Gasteiger partial charge in [0.05, 0.1) is 24.5 Å². The fourth-order valence-corrected chi connectivity index (χ4v) is 3.80. The molecule has 2 aromatic rings. The molecule has 1 aromatic heterocycles. The van der Waals surface area contributed by atoms with E-state index in [0.29, 0.717) is 13.0 Å². The zero-order valence-electron chi connectivity index (χ0n) is 15.4. The molecule has 0 saturated heterocycles. The number of hydrogen-bond acceptors (Lipinski definition) is 3. The first-order valence-electron chi connectivity index (χ1n) is 9.64. The summed E-state index contributed by atoms with van der Waals surface area (Å²) in [6.45, 7) is 2.14. The molecule has 0 spiro atoms. The smallest absolute Gasteiger partial charge is 0.223 e. The third kappa shape index (κ3) is 3.83. The van der Waals surface area contributed by atoms with Gasteiger partial charge in [0.1, 0.15) is 0 Å². The van der Waals surface area contributed by atoms with Crippen molar-refractivity contribution in [2.75, 3.05) is 19.8 Å². The molecular formula is C21H27N3O2. The Morgan fingerprint density at radius 1 is 1.23 bits per heavy atom. The second-order valence-electron chi connectivity index (χ2n) is 7.50. The van der Waals surface area contributed by atoms with Gasteiger partial charge in [-0.1, -0.05) is 30.3 Å². The van der Waals surface area contributed by atoms with Crippen LogP contribution in [0, 0.1) is 5.92 Å². The van der Waals surface area contributed by atoms with E-state index in [2.05, 4.69) is 17.2 Å². The highest BCUT2D eigenvalue weighted by Gasteiger charge is 2.34. The maximum Gasteiger partial charge on any atom is 0.223 e. The summed E-state index contributed by atoms with van der Waals surface area (Å²) in [7, 11) is 1.96. The zero-order valence-corrected chi connectivity index (χ0v) is 15.4. The number of aromatic nitrogens is 2. The van der Waals surface area contributed by atoms with Crippen LogP contribution in [0.25, 0.3) is 0 Å². The molecule has 1 aliphatic carbocycles. The van der Waals surface area contributed by atoms with Crippen molar-refractivity contribution in [3.63, 3.8) is 0 Å². The number of ether oxygens (including phenoxy) is 1. The zero-order chi connectivity index (χ0) is 17.9. The van der Waals surface area contributed by atoms with Crippen LogP contribution in [0.4, 0.5) is 0 Å². The van der Waals surface area contributed by atoms with E-state index < -0.39 is 0 Å². The van der Waals surface area contributed by atoms with Crippen LogP contribution >= 0.6 is 0 Å². The van der Waals surface area contributed by atoms with Crippen LogP contribution in [-0.4, -0.2) is 40.3 Å². The highest BCUT2D eigenvalue weighted by Crippen LogP contribution is 2.32. The number of aryl methyl sites for hydroxylation is 2. The molecular weight excluding hydrogens is 326 g/mol. The van der Waals surface area contributed by atoms with E-state index in [-0.39, 0.29) is 11.9 Å². The first-order chi connectivity index (χ1) is 12.7. The van der Waals surface area contributed by atoms with Crippen LogP contribution in [0.1, 0.15) is 42.1 Å². The number of fused-ring (bicyclic) bond motifs is 1. The van der Waals surface area contributed by atoms with Gasteiger partial charge in [0.15, 0.2) is 0 Å². The summed E-state index contributed by atoms with van der Waals surface area (Å²) >= 11 is 0. The Morgan fingerprint density at radius 3 is 2.81 bits per heavy atom. The number of amides is 1. The second-order valence-corrected chi connectivity index (χ2v) is 7.50. The first kappa shape index (κ1) is 17.3. The summed E-state index contributed by atoms with van der Waals surface area (Å²) < 4.78 is 7.90. The van der Waals surface area contributed by atoms with E-state index in [9.17, 15) is 4.79 Å². The van der Waals surface area contributed by atoms with Crippen LogP contribution in [0.5, 0.6) is 0 Å². The number of rotatable bonds is 7. The first-order valence-corrected chi connectivity index (χ1v) is 9.64. The maximum atomic E-state index is 13.0. The number of benzene rings is 1. The Morgan fingerprint density at radius 2 is 2.04 bits per heavy atom. The van der Waals surface area contributed by atoms with E-state index >= 15 is 0 Å². The molecule has 138 valence electrons. The van der Waals surface area contributed by atoms with Crippen molar-refractivity contribution in [3.8, 4) is 0 Å². The van der Waals surface area contributed by atoms with Crippen molar-refractivity contribution in [1.29, 1.82) is 0 Å². The lowest BCUT2D eigenvalue weighted by Crippen LogP contribution is -2.43. The number of hydrogen-bond donors (Lipinski definition) is 0. The molecule has 26 heavy (non-hydrogen) atoms. The molecule has 0 N–H and O–H groups in total. The molecule has 1 atom stereocenters. The second kappa shape index (κ2) is 7.62. The van der Waals surface area contributed by atoms with Gasteiger partial charge < -0.3 is 9.64 Å². The Kier molecular flexibility index (Phi) is 5.07. The van der Waals surface area contributed by atoms with E-state index in [0.717, 1.165) is 37.6 Å². The minimum absolute atomic E-state index is 0.0201. The molecule has 1 fully saturated rings. The number of carbonyl (C=O) groups is 1. The van der Waals surface area contributed by atoms with E-state index in [1.54, 1.807) is 0 Å². The highest BCUT2D eigenvalue weighted by molar-refractivity contribution is 5.77. The Labute approximate surface area is 154 Å². The van der Waals surface area contributed by atoms with Gasteiger partial charge in [-0.3, -0.25) is 9.48 Å². The van der Waals surface area contributed by atoms with Crippen molar-refractivity contribution in [2.45, 2.75) is 38.1 Å². The molecule has 4 rings (SSSR count). The van der Waals surface area contributed by atoms with Crippen molar-refractivity contribution in [1.82, 2.24) is 14.7 Å². The molecule has 1 aromatic carbocycles. The lowest BCUT2D eigenvalue weighted by Gasteiger charge is -2.36. The standard InChI is InChI=1S/C21H27N3O2/c1-23-21-18(13-22-23)11-12-24(19(21)15-26-14-17-7-8-17)20(25)10-9-16-5-3-2-4-6-16/h2-6,13,17,19H,7-12,14-15H2,1H3/t19-/m1/s1. The summed E-state index contributed by atoms with van der Waals surface area (Å²) in [4.78, 5) is 15.0. The normalized spacial score (nSPS) is 19.4. The van der Waals surface area contributed by atoms with Gasteiger partial charge in [0.2, 0.25) is 5.91 Å². The fraction of sp³-hybridized carbons (Fsp3) is 0.524. The van der Waals surface area contributed by atoms with Gasteiger partial charge in [-0.25, -0.2) is 0 Å². The Bertz CT molecular complexity index is 752. The minimum atomic E-state index is -0.0201. The molecule has 1 saturated carbocycles. The molecule has 5 nitrogen and oxygen atoms in total. The summed E-state index contributed by atoms with van der Waals surface area (Å²) in [5.74, 6) is 0.938. The predicted octanol–water partition coefficient (Wildman–Crippen LogP) is 2.91. The van der Waals surface area contributed by atoms with Gasteiger partial charge in [0.25, 0.3) is 0 Å². The molecule has 1 amide bonds. The lowest BCUT2D eigenvalue weighted by molar-refractivity contribution is -0.136. The summed E-state index contributed by atoms with van der Waals surface area (Å²) in [5, 5.41) is 4.41. The van der Waals surface area contributed by atoms with Gasteiger partial charge in [0, 0.05) is 26.6 Å². The topological polar surface area (TPSA) is 47.4 Å². The quantitative estimate of drug-likeness (QED) is 0.769. The molecule has 0 unspecified atom stereocenters. The Hall–Kier alpha value is -2.14. The predicted molar refractivity (Wildman–Crippen MR) is 99.7 cm³/mol. The Balaban J connectivity index is 1.45. The van der Waals surface area contributed by atoms with Crippen LogP contribution < -0.4 is 0 Å². The van der Waals surface area contributed by atoms with Crippen molar-refractivity contribution in [2.24, 2.45) is 13.0 Å². The molecule has 2 aliphatic rings. The number of carbonyl (C=O) groups excluding carboxylic acids is 1. The highest BCUT2D eigenvalue weighted by atomic mass is 16.5. The summed E-state index contributed by atoms with van der Waals surface area (Å²) in [5.41, 5.74) is 3.60. The van der Waals surface area contributed by atoms with Gasteiger partial charge in [-0.2, -0.15) is 5.10 Å². The van der Waals surface area contributed by atoms with Gasteiger partial charge >= 0.3 is 0 Å². The average Bonchev–Trinajstić information content (AvgIpc) is 3.42. The van der Waals surface area contributed by atoms with Crippen molar-refractivity contribution < 1.29 is 9.53 Å². The summed E-state index contributed by atoms with van der Waals surface area (Å²) in [6, 6.07) is 10.2. The largest absolute Gasteiger partial charge is 0.379 e. The minimum Gasteiger partial charge on any atom is -0.379 e. The molecule has 0 bridgehead atoms. The third-order valence-electron chi connectivity index (χ3n) is 5.50. The van der Waals surface area contributed by atoms with E-state index in [1.165, 1.54) is 24.0 Å². The number of nitrogens with zero attached hydrogens (tertiary/aromatic N) is 3. The van der Waals surface area contributed by atoms with Gasteiger partial charge in [-0.05, 0) is 42.7 Å². The molecule has 1 aliphatic heterocycles. The van der Waals surface area contributed by atoms with Crippen LogP contribution in [0.3, 0.4) is 0 Å². The van der Waals surface area contributed by atoms with Crippen molar-refractivity contribution >= 4 is 5.91 Å². The van der Waals surface area contributed by atoms with E-state index in [4.69, 9.17) is 4.74 Å². The monoisotopic (exact) mass is 353 g/mol. The fourth-order valence-electron chi connectivity index (χ4n) is 3.80. The average molecular weight is 353 g/mol. The van der Waals surface area contributed by atoms with Gasteiger partial charge in [-0.15, -0.1) is 0 Å². The maximum absolute atomic E-state index is 13.0. The lowest BCUT2D eigenvalue weighted by atomic mass is 9.99. The third-order valence-corrected chi connectivity index (χ3v) is 5.50. The SMILES string of the molecule is Cn1ncc2c1[C@@H](COCC1CC1)N(C(=O)CCc1ccccc1)CC2. The van der Waals surface area contributed by atoms with Crippen LogP contribution in [0.15, 0.2) is 36.5 Å². The van der Waals surface area contributed by atoms with Crippen LogP contribution in [0.2, 0.25) is 0 Å². The van der Waals surface area contributed by atoms with Crippen molar-refractivity contribution in [3.05, 3.63) is 53.3 Å². The molecule has 2 heterocycles. The van der Waals surface area contributed by atoms with Crippen LogP contribution in [-0.2, 0) is 29.4 Å². The summed E-state index contributed by atoms with van der Waals surface area (Å²) in [6.07, 6.45) is 6.69.